The Kier molecular flexibility index (Phi) is 10.0. The quantitative estimate of drug-likeness (QED) is 0.578. The summed E-state index contributed by atoms with van der Waals surface area (Å²) in [5.74, 6) is 0.873. The highest BCUT2D eigenvalue weighted by atomic mass is 15.1. The third kappa shape index (κ3) is 8.12. The van der Waals surface area contributed by atoms with E-state index in [1.165, 1.54) is 45.3 Å². The van der Waals surface area contributed by atoms with Crippen molar-refractivity contribution < 1.29 is 0 Å². The topological polar surface area (TPSA) is 15.3 Å². The van der Waals surface area contributed by atoms with Crippen LogP contribution in [0.2, 0.25) is 0 Å². The number of nitrogens with one attached hydrogen (secondary N) is 1. The van der Waals surface area contributed by atoms with Crippen LogP contribution in [0.4, 0.5) is 0 Å². The summed E-state index contributed by atoms with van der Waals surface area (Å²) in [5.41, 5.74) is 0. The molecule has 0 heterocycles. The normalized spacial score (nSPS) is 12.0. The lowest BCUT2D eigenvalue weighted by molar-refractivity contribution is 0.267. The van der Waals surface area contributed by atoms with Crippen molar-refractivity contribution in [3.05, 3.63) is 0 Å². The molecule has 0 spiro atoms. The molecule has 0 atom stereocenters. The monoisotopic (exact) mass is 228 g/mol. The molecular formula is C14H32N2. The molecule has 0 fully saturated rings. The number of nitrogens with zero attached hydrogens (tertiary/aromatic N) is 1. The molecule has 0 rings (SSSR count). The second kappa shape index (κ2) is 10.1. The molecule has 0 saturated carbocycles. The van der Waals surface area contributed by atoms with E-state index < -0.39 is 0 Å². The minimum absolute atomic E-state index is 0.678. The van der Waals surface area contributed by atoms with Crippen molar-refractivity contribution in [2.24, 2.45) is 5.92 Å². The van der Waals surface area contributed by atoms with Crippen molar-refractivity contribution in [1.82, 2.24) is 10.2 Å². The van der Waals surface area contributed by atoms with Gasteiger partial charge in [-0.25, -0.2) is 0 Å². The predicted molar refractivity (Wildman–Crippen MR) is 73.9 cm³/mol. The molecule has 98 valence electrons. The zero-order chi connectivity index (χ0) is 12.4. The number of hydrogen-bond acceptors (Lipinski definition) is 2. The van der Waals surface area contributed by atoms with E-state index in [4.69, 9.17) is 0 Å². The third-order valence-corrected chi connectivity index (χ3v) is 3.58. The van der Waals surface area contributed by atoms with Crippen molar-refractivity contribution in [2.45, 2.75) is 59.4 Å². The summed E-state index contributed by atoms with van der Waals surface area (Å²) in [6, 6.07) is 0.678. The Morgan fingerprint density at radius 2 is 1.69 bits per heavy atom. The van der Waals surface area contributed by atoms with Crippen LogP contribution < -0.4 is 5.32 Å². The van der Waals surface area contributed by atoms with Crippen molar-refractivity contribution in [3.63, 3.8) is 0 Å². The molecule has 0 aliphatic carbocycles. The van der Waals surface area contributed by atoms with Crippen LogP contribution in [-0.2, 0) is 0 Å². The van der Waals surface area contributed by atoms with Crippen molar-refractivity contribution >= 4 is 0 Å². The van der Waals surface area contributed by atoms with Crippen LogP contribution in [0, 0.1) is 5.92 Å². The minimum Gasteiger partial charge on any atom is -0.316 e. The molecule has 0 amide bonds. The summed E-state index contributed by atoms with van der Waals surface area (Å²) >= 11 is 0. The highest BCUT2D eigenvalue weighted by Crippen LogP contribution is 2.05. The Morgan fingerprint density at radius 1 is 1.06 bits per heavy atom. The molecular weight excluding hydrogens is 196 g/mol. The van der Waals surface area contributed by atoms with E-state index in [2.05, 4.69) is 45.0 Å². The molecule has 2 heteroatoms. The first kappa shape index (κ1) is 15.9. The van der Waals surface area contributed by atoms with Crippen molar-refractivity contribution in [1.29, 1.82) is 0 Å². The molecule has 2 nitrogen and oxygen atoms in total. The van der Waals surface area contributed by atoms with Gasteiger partial charge < -0.3 is 10.2 Å². The van der Waals surface area contributed by atoms with Gasteiger partial charge in [0.25, 0.3) is 0 Å². The highest BCUT2D eigenvalue weighted by Gasteiger charge is 2.03. The Balaban J connectivity index is 3.27. The summed E-state index contributed by atoms with van der Waals surface area (Å²) < 4.78 is 0. The zero-order valence-corrected chi connectivity index (χ0v) is 12.1. The van der Waals surface area contributed by atoms with E-state index in [9.17, 15) is 0 Å². The second-order valence-electron chi connectivity index (χ2n) is 5.17. The van der Waals surface area contributed by atoms with Crippen LogP contribution in [0.25, 0.3) is 0 Å². The number of hydrogen-bond donors (Lipinski definition) is 1. The molecule has 0 aliphatic heterocycles. The maximum Gasteiger partial charge on any atom is 0.00355 e. The Hall–Kier alpha value is -0.0800. The predicted octanol–water partition coefficient (Wildman–Crippen LogP) is 3.13. The zero-order valence-electron chi connectivity index (χ0n) is 12.1. The van der Waals surface area contributed by atoms with Crippen LogP contribution in [0.15, 0.2) is 0 Å². The van der Waals surface area contributed by atoms with Crippen LogP contribution >= 0.6 is 0 Å². The van der Waals surface area contributed by atoms with Gasteiger partial charge in [0.05, 0.1) is 0 Å². The van der Waals surface area contributed by atoms with Crippen molar-refractivity contribution in [3.8, 4) is 0 Å². The fraction of sp³-hybridized carbons (Fsp3) is 1.00. The fourth-order valence-corrected chi connectivity index (χ4v) is 1.75. The highest BCUT2D eigenvalue weighted by molar-refractivity contribution is 4.60. The largest absolute Gasteiger partial charge is 0.316 e. The minimum atomic E-state index is 0.678. The van der Waals surface area contributed by atoms with Gasteiger partial charge in [-0.1, -0.05) is 26.7 Å². The molecule has 0 aromatic heterocycles. The van der Waals surface area contributed by atoms with E-state index in [0.717, 1.165) is 5.92 Å². The first-order valence-corrected chi connectivity index (χ1v) is 7.02. The van der Waals surface area contributed by atoms with Gasteiger partial charge in [-0.2, -0.15) is 0 Å². The van der Waals surface area contributed by atoms with Crippen LogP contribution in [0.1, 0.15) is 53.4 Å². The average Bonchev–Trinajstić information content (AvgIpc) is 2.27. The van der Waals surface area contributed by atoms with Gasteiger partial charge in [0.2, 0.25) is 0 Å². The number of unbranched alkanes of at least 4 members (excludes halogenated alkanes) is 1. The first-order valence-electron chi connectivity index (χ1n) is 7.02. The molecule has 16 heavy (non-hydrogen) atoms. The lowest BCUT2D eigenvalue weighted by Gasteiger charge is -2.20. The molecule has 0 aliphatic rings. The molecule has 0 bridgehead atoms. The van der Waals surface area contributed by atoms with E-state index in [-0.39, 0.29) is 0 Å². The van der Waals surface area contributed by atoms with E-state index in [1.54, 1.807) is 0 Å². The molecule has 0 radical (unpaired) electrons. The van der Waals surface area contributed by atoms with Gasteiger partial charge >= 0.3 is 0 Å². The standard InChI is InChI=1S/C14H32N2/c1-6-14(7-2)12-15-10-8-9-11-16(5)13(3)4/h13-15H,6-12H2,1-5H3. The Labute approximate surface area is 103 Å². The molecule has 0 saturated heterocycles. The SMILES string of the molecule is CCC(CC)CNCCCCN(C)C(C)C. The maximum atomic E-state index is 3.57. The summed E-state index contributed by atoms with van der Waals surface area (Å²) in [6.45, 7) is 12.7. The van der Waals surface area contributed by atoms with Gasteiger partial charge in [0.1, 0.15) is 0 Å². The molecule has 0 aromatic rings. The average molecular weight is 228 g/mol. The molecule has 0 aromatic carbocycles. The Morgan fingerprint density at radius 3 is 2.19 bits per heavy atom. The van der Waals surface area contributed by atoms with Gasteiger partial charge in [0.15, 0.2) is 0 Å². The van der Waals surface area contributed by atoms with E-state index in [0.29, 0.717) is 6.04 Å². The molecule has 0 unspecified atom stereocenters. The number of rotatable bonds is 10. The van der Waals surface area contributed by atoms with Gasteiger partial charge in [-0.15, -0.1) is 0 Å². The lowest BCUT2D eigenvalue weighted by atomic mass is 10.0. The summed E-state index contributed by atoms with van der Waals surface area (Å²) in [4.78, 5) is 2.42. The second-order valence-corrected chi connectivity index (χ2v) is 5.17. The Bertz CT molecular complexity index is 136. The van der Waals surface area contributed by atoms with Crippen LogP contribution in [0.3, 0.4) is 0 Å². The lowest BCUT2D eigenvalue weighted by Crippen LogP contribution is -2.28. The summed E-state index contributed by atoms with van der Waals surface area (Å²) in [7, 11) is 2.21. The van der Waals surface area contributed by atoms with Crippen LogP contribution in [-0.4, -0.2) is 37.6 Å². The molecule has 1 N–H and O–H groups in total. The fourth-order valence-electron chi connectivity index (χ4n) is 1.75. The maximum absolute atomic E-state index is 3.57. The summed E-state index contributed by atoms with van der Waals surface area (Å²) in [5, 5.41) is 3.57. The van der Waals surface area contributed by atoms with Crippen molar-refractivity contribution in [2.75, 3.05) is 26.7 Å². The van der Waals surface area contributed by atoms with Gasteiger partial charge in [0, 0.05) is 6.04 Å². The third-order valence-electron chi connectivity index (χ3n) is 3.58. The van der Waals surface area contributed by atoms with E-state index >= 15 is 0 Å². The van der Waals surface area contributed by atoms with Crippen LogP contribution in [0.5, 0.6) is 0 Å². The first-order chi connectivity index (χ1) is 7.61. The van der Waals surface area contributed by atoms with Gasteiger partial charge in [-0.3, -0.25) is 0 Å². The van der Waals surface area contributed by atoms with Gasteiger partial charge in [-0.05, 0) is 59.3 Å². The summed E-state index contributed by atoms with van der Waals surface area (Å²) in [6.07, 6.45) is 5.22. The smallest absolute Gasteiger partial charge is 0.00355 e. The van der Waals surface area contributed by atoms with E-state index in [1.807, 2.05) is 0 Å².